The summed E-state index contributed by atoms with van der Waals surface area (Å²) in [6.45, 7) is 1.53. The third kappa shape index (κ3) is 1.50. The Labute approximate surface area is 63.2 Å². The summed E-state index contributed by atoms with van der Waals surface area (Å²) < 4.78 is 36.8. The Hall–Kier alpha value is -0.250. The molecule has 0 radical (unpaired) electrons. The number of rotatable bonds is 1. The Bertz CT molecular complexity index is 139. The molecular formula is C7H11F3O. The van der Waals surface area contributed by atoms with Gasteiger partial charge in [0.25, 0.3) is 6.43 Å². The normalized spacial score (nSPS) is 45.3. The van der Waals surface area contributed by atoms with E-state index >= 15 is 0 Å². The predicted molar refractivity (Wildman–Crippen MR) is 34.2 cm³/mol. The molecule has 1 rings (SSSR count). The summed E-state index contributed by atoms with van der Waals surface area (Å²) in [5.41, 5.74) is -2.07. The van der Waals surface area contributed by atoms with Crippen LogP contribution in [0.25, 0.3) is 0 Å². The molecule has 0 bridgehead atoms. The number of hydrogen-bond donors (Lipinski definition) is 1. The topological polar surface area (TPSA) is 20.2 Å². The summed E-state index contributed by atoms with van der Waals surface area (Å²) in [7, 11) is 0. The van der Waals surface area contributed by atoms with Crippen LogP contribution >= 0.6 is 0 Å². The molecule has 3 atom stereocenters. The molecule has 1 fully saturated rings. The van der Waals surface area contributed by atoms with E-state index in [9.17, 15) is 13.2 Å². The maximum Gasteiger partial charge on any atom is 0.266 e. The van der Waals surface area contributed by atoms with Crippen molar-refractivity contribution in [2.75, 3.05) is 0 Å². The van der Waals surface area contributed by atoms with Gasteiger partial charge >= 0.3 is 0 Å². The Kier molecular flexibility index (Phi) is 2.14. The van der Waals surface area contributed by atoms with Crippen molar-refractivity contribution in [2.45, 2.75) is 38.0 Å². The number of halogens is 3. The highest BCUT2D eigenvalue weighted by molar-refractivity contribution is 4.94. The zero-order chi connectivity index (χ0) is 8.65. The maximum atomic E-state index is 12.7. The van der Waals surface area contributed by atoms with E-state index in [-0.39, 0.29) is 6.42 Å². The first-order valence-electron chi connectivity index (χ1n) is 3.60. The first-order chi connectivity index (χ1) is 4.96. The van der Waals surface area contributed by atoms with Gasteiger partial charge in [-0.25, -0.2) is 13.2 Å². The number of alkyl halides is 3. The van der Waals surface area contributed by atoms with Crippen LogP contribution in [0.3, 0.4) is 0 Å². The molecule has 0 amide bonds. The van der Waals surface area contributed by atoms with E-state index in [1.807, 2.05) is 0 Å². The van der Waals surface area contributed by atoms with Crippen LogP contribution in [0.5, 0.6) is 0 Å². The highest BCUT2D eigenvalue weighted by Gasteiger charge is 2.48. The summed E-state index contributed by atoms with van der Waals surface area (Å²) in [5.74, 6) is -0.450. The molecule has 0 aromatic carbocycles. The van der Waals surface area contributed by atoms with Gasteiger partial charge in [0.05, 0.1) is 0 Å². The fourth-order valence-electron chi connectivity index (χ4n) is 1.49. The standard InChI is InChI=1S/C7H11F3O/c1-4-2-7(11,6(9)10)3-5(4)8/h4-6,11H,2-3H2,1H3/t4-,5+,7+/m1/s1. The molecule has 0 heterocycles. The van der Waals surface area contributed by atoms with E-state index in [1.165, 1.54) is 6.92 Å². The van der Waals surface area contributed by atoms with Gasteiger partial charge in [0.1, 0.15) is 11.8 Å². The molecule has 1 aliphatic rings. The second-order valence-corrected chi connectivity index (χ2v) is 3.31. The molecule has 0 aromatic rings. The molecule has 1 N–H and O–H groups in total. The second kappa shape index (κ2) is 2.66. The monoisotopic (exact) mass is 168 g/mol. The molecule has 0 spiro atoms. The van der Waals surface area contributed by atoms with Crippen LogP contribution < -0.4 is 0 Å². The van der Waals surface area contributed by atoms with Crippen LogP contribution in [0, 0.1) is 5.92 Å². The SMILES string of the molecule is C[C@@H]1C[C@@](O)(C(F)F)C[C@@H]1F. The van der Waals surface area contributed by atoms with Gasteiger partial charge in [-0.2, -0.15) is 0 Å². The molecule has 1 aliphatic carbocycles. The minimum Gasteiger partial charge on any atom is -0.384 e. The second-order valence-electron chi connectivity index (χ2n) is 3.31. The Morgan fingerprint density at radius 2 is 2.00 bits per heavy atom. The van der Waals surface area contributed by atoms with E-state index in [1.54, 1.807) is 0 Å². The van der Waals surface area contributed by atoms with Gasteiger partial charge in [0.15, 0.2) is 0 Å². The third-order valence-corrected chi connectivity index (χ3v) is 2.25. The first-order valence-corrected chi connectivity index (χ1v) is 3.60. The lowest BCUT2D eigenvalue weighted by molar-refractivity contribution is -0.0946. The fourth-order valence-corrected chi connectivity index (χ4v) is 1.49. The fraction of sp³-hybridized carbons (Fsp3) is 1.00. The Morgan fingerprint density at radius 1 is 1.45 bits per heavy atom. The van der Waals surface area contributed by atoms with Gasteiger partial charge in [-0.1, -0.05) is 6.92 Å². The zero-order valence-electron chi connectivity index (χ0n) is 6.23. The van der Waals surface area contributed by atoms with Gasteiger partial charge in [0, 0.05) is 6.42 Å². The van der Waals surface area contributed by atoms with Gasteiger partial charge in [-0.3, -0.25) is 0 Å². The van der Waals surface area contributed by atoms with Crippen LogP contribution in [0.15, 0.2) is 0 Å². The number of hydrogen-bond acceptors (Lipinski definition) is 1. The van der Waals surface area contributed by atoms with Crippen molar-refractivity contribution >= 4 is 0 Å². The molecule has 66 valence electrons. The lowest BCUT2D eigenvalue weighted by atomic mass is 10.0. The van der Waals surface area contributed by atoms with Crippen molar-refractivity contribution in [1.29, 1.82) is 0 Å². The smallest absolute Gasteiger partial charge is 0.266 e. The van der Waals surface area contributed by atoms with E-state index in [0.29, 0.717) is 0 Å². The van der Waals surface area contributed by atoms with E-state index in [0.717, 1.165) is 0 Å². The number of aliphatic hydroxyl groups is 1. The highest BCUT2D eigenvalue weighted by atomic mass is 19.3. The van der Waals surface area contributed by atoms with E-state index in [2.05, 4.69) is 0 Å². The first kappa shape index (κ1) is 8.84. The van der Waals surface area contributed by atoms with Gasteiger partial charge in [0.2, 0.25) is 0 Å². The van der Waals surface area contributed by atoms with Crippen molar-refractivity contribution in [3.8, 4) is 0 Å². The third-order valence-electron chi connectivity index (χ3n) is 2.25. The molecule has 11 heavy (non-hydrogen) atoms. The molecule has 0 aromatic heterocycles. The molecule has 1 saturated carbocycles. The van der Waals surface area contributed by atoms with Crippen LogP contribution in [0.4, 0.5) is 13.2 Å². The van der Waals surface area contributed by atoms with Crippen molar-refractivity contribution in [3.63, 3.8) is 0 Å². The maximum absolute atomic E-state index is 12.7. The molecule has 4 heteroatoms. The van der Waals surface area contributed by atoms with Crippen LogP contribution in [-0.2, 0) is 0 Å². The van der Waals surface area contributed by atoms with Crippen molar-refractivity contribution in [2.24, 2.45) is 5.92 Å². The zero-order valence-corrected chi connectivity index (χ0v) is 6.23. The molecule has 0 aliphatic heterocycles. The summed E-state index contributed by atoms with van der Waals surface area (Å²) in [6, 6.07) is 0. The van der Waals surface area contributed by atoms with Crippen LogP contribution in [0.2, 0.25) is 0 Å². The summed E-state index contributed by atoms with van der Waals surface area (Å²) in [6.07, 6.45) is -4.67. The van der Waals surface area contributed by atoms with Gasteiger partial charge in [-0.15, -0.1) is 0 Å². The van der Waals surface area contributed by atoms with E-state index < -0.39 is 30.5 Å². The highest BCUT2D eigenvalue weighted by Crippen LogP contribution is 2.40. The Balaban J connectivity index is 2.64. The minimum absolute atomic E-state index is 0.133. The average molecular weight is 168 g/mol. The Morgan fingerprint density at radius 3 is 2.18 bits per heavy atom. The summed E-state index contributed by atoms with van der Waals surface area (Å²) >= 11 is 0. The lowest BCUT2D eigenvalue weighted by Crippen LogP contribution is -2.34. The molecule has 1 nitrogen and oxygen atoms in total. The lowest BCUT2D eigenvalue weighted by Gasteiger charge is -2.20. The summed E-state index contributed by atoms with van der Waals surface area (Å²) in [5, 5.41) is 9.12. The van der Waals surface area contributed by atoms with Crippen LogP contribution in [0.1, 0.15) is 19.8 Å². The molecule has 0 unspecified atom stereocenters. The van der Waals surface area contributed by atoms with Gasteiger partial charge < -0.3 is 5.11 Å². The van der Waals surface area contributed by atoms with Crippen molar-refractivity contribution < 1.29 is 18.3 Å². The molecule has 0 saturated heterocycles. The average Bonchev–Trinajstić information content (AvgIpc) is 2.09. The minimum atomic E-state index is -2.83. The van der Waals surface area contributed by atoms with E-state index in [4.69, 9.17) is 5.11 Å². The predicted octanol–water partition coefficient (Wildman–Crippen LogP) is 1.75. The summed E-state index contributed by atoms with van der Waals surface area (Å²) in [4.78, 5) is 0. The van der Waals surface area contributed by atoms with Crippen LogP contribution in [-0.4, -0.2) is 23.3 Å². The largest absolute Gasteiger partial charge is 0.384 e. The molecular weight excluding hydrogens is 157 g/mol. The van der Waals surface area contributed by atoms with Crippen molar-refractivity contribution in [1.82, 2.24) is 0 Å². The van der Waals surface area contributed by atoms with Crippen molar-refractivity contribution in [3.05, 3.63) is 0 Å². The van der Waals surface area contributed by atoms with Gasteiger partial charge in [-0.05, 0) is 12.3 Å². The quantitative estimate of drug-likeness (QED) is 0.632.